The fraction of sp³-hybridized carbons (Fsp3) is 0.0833. The molecule has 0 fully saturated rings. The standard InChI is InChI=1S/C24H19N3O3/c28-23-12-22(15-26-13-19-4-1-2-5-20(19)14-26)29-17-24(23)30-16-18-6-8-21(9-7-18)27-11-3-10-25-27/h1-14,17H,15-16H2. The monoisotopic (exact) mass is 397 g/mol. The first-order valence-corrected chi connectivity index (χ1v) is 9.63. The van der Waals surface area contributed by atoms with Crippen molar-refractivity contribution in [2.24, 2.45) is 0 Å². The van der Waals surface area contributed by atoms with Gasteiger partial charge in [-0.25, -0.2) is 4.68 Å². The molecule has 0 unspecified atom stereocenters. The third kappa shape index (κ3) is 3.75. The van der Waals surface area contributed by atoms with E-state index in [-0.39, 0.29) is 17.8 Å². The van der Waals surface area contributed by atoms with Gasteiger partial charge >= 0.3 is 0 Å². The van der Waals surface area contributed by atoms with E-state index in [1.807, 2.05) is 65.6 Å². The van der Waals surface area contributed by atoms with Gasteiger partial charge < -0.3 is 13.7 Å². The average molecular weight is 397 g/mol. The van der Waals surface area contributed by atoms with Crippen LogP contribution in [-0.4, -0.2) is 14.3 Å². The summed E-state index contributed by atoms with van der Waals surface area (Å²) in [5.41, 5.74) is 1.72. The molecule has 0 amide bonds. The zero-order chi connectivity index (χ0) is 20.3. The van der Waals surface area contributed by atoms with Gasteiger partial charge in [0.25, 0.3) is 0 Å². The smallest absolute Gasteiger partial charge is 0.227 e. The fourth-order valence-electron chi connectivity index (χ4n) is 3.37. The summed E-state index contributed by atoms with van der Waals surface area (Å²) < 4.78 is 15.1. The number of rotatable bonds is 6. The zero-order valence-corrected chi connectivity index (χ0v) is 16.1. The molecule has 0 N–H and O–H groups in total. The van der Waals surface area contributed by atoms with Gasteiger partial charge in [-0.1, -0.05) is 36.4 Å². The fourth-order valence-corrected chi connectivity index (χ4v) is 3.37. The van der Waals surface area contributed by atoms with Gasteiger partial charge in [-0.3, -0.25) is 4.79 Å². The van der Waals surface area contributed by atoms with Crippen molar-refractivity contribution in [3.63, 3.8) is 0 Å². The Morgan fingerprint density at radius 2 is 1.73 bits per heavy atom. The summed E-state index contributed by atoms with van der Waals surface area (Å²) in [6.45, 7) is 0.769. The second-order valence-corrected chi connectivity index (χ2v) is 7.04. The first kappa shape index (κ1) is 18.0. The van der Waals surface area contributed by atoms with Crippen molar-refractivity contribution in [3.05, 3.63) is 113 Å². The average Bonchev–Trinajstić information content (AvgIpc) is 3.43. The van der Waals surface area contributed by atoms with Crippen LogP contribution in [0.15, 0.2) is 101 Å². The Morgan fingerprint density at radius 3 is 2.40 bits per heavy atom. The largest absolute Gasteiger partial charge is 0.482 e. The second-order valence-electron chi connectivity index (χ2n) is 7.04. The molecule has 30 heavy (non-hydrogen) atoms. The van der Waals surface area contributed by atoms with Crippen molar-refractivity contribution in [3.8, 4) is 11.4 Å². The molecule has 0 saturated carbocycles. The Morgan fingerprint density at radius 1 is 0.967 bits per heavy atom. The summed E-state index contributed by atoms with van der Waals surface area (Å²) in [5.74, 6) is 0.781. The highest BCUT2D eigenvalue weighted by Gasteiger charge is 2.07. The molecule has 0 radical (unpaired) electrons. The Balaban J connectivity index is 1.25. The summed E-state index contributed by atoms with van der Waals surface area (Å²) >= 11 is 0. The van der Waals surface area contributed by atoms with Crippen LogP contribution in [0.1, 0.15) is 11.3 Å². The van der Waals surface area contributed by atoms with E-state index in [9.17, 15) is 4.79 Å². The Bertz CT molecular complexity index is 1300. The zero-order valence-electron chi connectivity index (χ0n) is 16.1. The van der Waals surface area contributed by atoms with Gasteiger partial charge in [-0.15, -0.1) is 0 Å². The maximum Gasteiger partial charge on any atom is 0.227 e. The molecule has 6 nitrogen and oxygen atoms in total. The molecule has 3 heterocycles. The van der Waals surface area contributed by atoms with Gasteiger partial charge in [0.05, 0.1) is 12.2 Å². The van der Waals surface area contributed by atoms with Crippen LogP contribution < -0.4 is 10.2 Å². The van der Waals surface area contributed by atoms with Crippen LogP contribution in [0.4, 0.5) is 0 Å². The van der Waals surface area contributed by atoms with E-state index in [4.69, 9.17) is 9.15 Å². The van der Waals surface area contributed by atoms with Crippen molar-refractivity contribution in [1.29, 1.82) is 0 Å². The molecule has 148 valence electrons. The van der Waals surface area contributed by atoms with Gasteiger partial charge in [0.1, 0.15) is 18.6 Å². The molecular weight excluding hydrogens is 378 g/mol. The van der Waals surface area contributed by atoms with Crippen LogP contribution in [0.25, 0.3) is 16.5 Å². The van der Waals surface area contributed by atoms with E-state index in [1.165, 1.54) is 12.3 Å². The molecule has 0 atom stereocenters. The van der Waals surface area contributed by atoms with E-state index in [2.05, 4.69) is 17.2 Å². The normalized spacial score (nSPS) is 11.1. The molecule has 6 heteroatoms. The molecule has 3 aromatic heterocycles. The highest BCUT2D eigenvalue weighted by atomic mass is 16.5. The second kappa shape index (κ2) is 7.75. The first-order chi connectivity index (χ1) is 14.7. The Hall–Kier alpha value is -4.06. The number of benzene rings is 2. The molecule has 0 spiro atoms. The van der Waals surface area contributed by atoms with Gasteiger partial charge in [-0.2, -0.15) is 5.10 Å². The van der Waals surface area contributed by atoms with Crippen molar-refractivity contribution in [1.82, 2.24) is 14.3 Å². The third-order valence-electron chi connectivity index (χ3n) is 4.90. The minimum Gasteiger partial charge on any atom is -0.482 e. The number of nitrogens with zero attached hydrogens (tertiary/aromatic N) is 3. The molecule has 5 rings (SSSR count). The molecular formula is C24H19N3O3. The summed E-state index contributed by atoms with van der Waals surface area (Å²) in [4.78, 5) is 12.4. The van der Waals surface area contributed by atoms with Crippen LogP contribution in [0, 0.1) is 0 Å². The summed E-state index contributed by atoms with van der Waals surface area (Å²) in [6.07, 6.45) is 9.07. The molecule has 0 aliphatic carbocycles. The lowest BCUT2D eigenvalue weighted by molar-refractivity contribution is 0.289. The molecule has 0 bridgehead atoms. The third-order valence-corrected chi connectivity index (χ3v) is 4.90. The van der Waals surface area contributed by atoms with Crippen LogP contribution in [0.5, 0.6) is 5.75 Å². The van der Waals surface area contributed by atoms with Crippen molar-refractivity contribution in [2.45, 2.75) is 13.2 Å². The van der Waals surface area contributed by atoms with Crippen LogP contribution in [0.2, 0.25) is 0 Å². The van der Waals surface area contributed by atoms with Gasteiger partial charge in [0.15, 0.2) is 0 Å². The maximum absolute atomic E-state index is 12.4. The number of hydrogen-bond acceptors (Lipinski definition) is 4. The molecule has 0 aliphatic heterocycles. The van der Waals surface area contributed by atoms with Crippen molar-refractivity contribution in [2.75, 3.05) is 0 Å². The minimum absolute atomic E-state index is 0.193. The van der Waals surface area contributed by atoms with Gasteiger partial charge in [0, 0.05) is 30.9 Å². The van der Waals surface area contributed by atoms with E-state index >= 15 is 0 Å². The number of fused-ring (bicyclic) bond motifs is 1. The van der Waals surface area contributed by atoms with E-state index in [0.29, 0.717) is 12.3 Å². The van der Waals surface area contributed by atoms with E-state index in [1.54, 1.807) is 10.9 Å². The highest BCUT2D eigenvalue weighted by molar-refractivity contribution is 5.82. The lowest BCUT2D eigenvalue weighted by Crippen LogP contribution is -2.09. The predicted octanol–water partition coefficient (Wildman–Crippen LogP) is 4.41. The first-order valence-electron chi connectivity index (χ1n) is 9.63. The molecule has 0 saturated heterocycles. The van der Waals surface area contributed by atoms with Crippen molar-refractivity contribution < 1.29 is 9.15 Å². The quantitative estimate of drug-likeness (QED) is 0.426. The van der Waals surface area contributed by atoms with Crippen molar-refractivity contribution >= 4 is 10.8 Å². The van der Waals surface area contributed by atoms with Gasteiger partial charge in [-0.05, 0) is 34.5 Å². The number of hydrogen-bond donors (Lipinski definition) is 0. The lowest BCUT2D eigenvalue weighted by atomic mass is 10.2. The number of ether oxygens (including phenoxy) is 1. The van der Waals surface area contributed by atoms with Crippen LogP contribution >= 0.6 is 0 Å². The highest BCUT2D eigenvalue weighted by Crippen LogP contribution is 2.17. The SMILES string of the molecule is O=c1cc(Cn2cc3ccccc3c2)occ1OCc1ccc(-n2cccn2)cc1. The Kier molecular flexibility index (Phi) is 4.65. The summed E-state index contributed by atoms with van der Waals surface area (Å²) in [7, 11) is 0. The Labute approximate surface area is 172 Å². The number of aromatic nitrogens is 3. The van der Waals surface area contributed by atoms with Gasteiger partial charge in [0.2, 0.25) is 11.2 Å². The minimum atomic E-state index is -0.193. The molecule has 0 aliphatic rings. The lowest BCUT2D eigenvalue weighted by Gasteiger charge is -2.08. The summed E-state index contributed by atoms with van der Waals surface area (Å²) in [5, 5.41) is 6.50. The van der Waals surface area contributed by atoms with Crippen LogP contribution in [-0.2, 0) is 13.2 Å². The van der Waals surface area contributed by atoms with E-state index < -0.39 is 0 Å². The maximum atomic E-state index is 12.4. The van der Waals surface area contributed by atoms with Crippen LogP contribution in [0.3, 0.4) is 0 Å². The topological polar surface area (TPSA) is 62.2 Å². The molecule has 2 aromatic carbocycles. The summed E-state index contributed by atoms with van der Waals surface area (Å²) in [6, 6.07) is 19.3. The van der Waals surface area contributed by atoms with E-state index in [0.717, 1.165) is 22.0 Å². The molecule has 5 aromatic rings. The predicted molar refractivity (Wildman–Crippen MR) is 114 cm³/mol.